The fourth-order valence-electron chi connectivity index (χ4n) is 14.3. The van der Waals surface area contributed by atoms with Crippen molar-refractivity contribution in [1.29, 1.82) is 0 Å². The van der Waals surface area contributed by atoms with Crippen LogP contribution in [0.1, 0.15) is 89.0 Å². The van der Waals surface area contributed by atoms with E-state index in [1.807, 2.05) is 34.8 Å². The molecule has 109 heavy (non-hydrogen) atoms. The molecule has 0 aliphatic rings. The van der Waals surface area contributed by atoms with E-state index in [1.165, 1.54) is 195 Å². The SMILES string of the molecule is Cc1ccc(C)c2ccccc12.Cc1ccc2c(c1)sc1cc(C)ccc12.Cc1ccc2cc(C)ccc2c1.Cc1ccc2oc3ccc(C)cc3c2c1.Cc1ccc2sc3ccc(C)cc3c2c1.Cc1cccc(-c2ccccc2C)c1.Cc1cccc(C)c1-c1ccccc1.Cc1cccc2c(C)cccc12. The first-order valence-corrected chi connectivity index (χ1v) is 39.5. The third-order valence-corrected chi connectivity index (χ3v) is 22.5. The van der Waals surface area contributed by atoms with E-state index < -0.39 is 0 Å². The van der Waals surface area contributed by atoms with Gasteiger partial charge in [-0.3, -0.25) is 0 Å². The molecule has 0 saturated heterocycles. The van der Waals surface area contributed by atoms with E-state index in [-0.39, 0.29) is 0 Å². The average molecular weight is 1450 g/mol. The summed E-state index contributed by atoms with van der Waals surface area (Å²) < 4.78 is 11.3. The molecule has 0 amide bonds. The van der Waals surface area contributed by atoms with Crippen molar-refractivity contribution in [3.05, 3.63) is 404 Å². The largest absolute Gasteiger partial charge is 0.456 e. The monoisotopic (exact) mass is 1450 g/mol. The topological polar surface area (TPSA) is 13.1 Å². The zero-order chi connectivity index (χ0) is 76.8. The van der Waals surface area contributed by atoms with E-state index in [9.17, 15) is 0 Å². The number of thiophene rings is 2. The number of fused-ring (bicyclic) bond motifs is 12. The predicted molar refractivity (Wildman–Crippen MR) is 484 cm³/mol. The number of rotatable bonds is 2. The van der Waals surface area contributed by atoms with Crippen molar-refractivity contribution in [2.24, 2.45) is 0 Å². The van der Waals surface area contributed by atoms with Crippen molar-refractivity contribution < 1.29 is 4.42 Å². The van der Waals surface area contributed by atoms with Crippen LogP contribution in [0, 0.1) is 111 Å². The van der Waals surface area contributed by atoms with Gasteiger partial charge in [-0.1, -0.05) is 294 Å². The molecule has 0 radical (unpaired) electrons. The van der Waals surface area contributed by atoms with Crippen molar-refractivity contribution in [3.8, 4) is 22.3 Å². The molecule has 0 atom stereocenters. The van der Waals surface area contributed by atoms with E-state index in [0.717, 1.165) is 11.2 Å². The molecular weight excluding hydrogens is 1350 g/mol. The van der Waals surface area contributed by atoms with E-state index in [0.29, 0.717) is 0 Å². The van der Waals surface area contributed by atoms with Crippen LogP contribution in [0.5, 0.6) is 0 Å². The standard InChI is InChI=1S/C14H12O.2C14H12S.2C14H14.3C12H12/c2*1-9-3-5-13-11(7-9)12-8-10(2)4-6-14(12)15-13;1-9-3-5-11-12-6-4-10(2)8-14(12)15-13(11)7-9;1-11-6-5-8-13(10-11)14-9-4-3-7-12(14)2;1-11-7-6-8-12(2)14(11)13-9-4-3-5-10-13;1-9-3-5-12-8-10(2)4-6-11(12)7-9;1-9-5-3-8-12-10(2)6-4-7-11(9)12;1-9-7-8-10(2)12-6-4-3-5-11(9)12/h3*3-8H,1-2H3;2*3-10H,1-2H3;3*3-8H,1-2H3. The van der Waals surface area contributed by atoms with Crippen LogP contribution < -0.4 is 0 Å². The summed E-state index contributed by atoms with van der Waals surface area (Å²) in [4.78, 5) is 0. The molecular formula is C106H100OS2. The van der Waals surface area contributed by atoms with Crippen LogP contribution in [0.4, 0.5) is 0 Å². The van der Waals surface area contributed by atoms with Gasteiger partial charge in [0.1, 0.15) is 11.2 Å². The van der Waals surface area contributed by atoms with Crippen LogP contribution >= 0.6 is 22.7 Å². The average Bonchev–Trinajstić information content (AvgIpc) is 1.63. The number of hydrogen-bond donors (Lipinski definition) is 0. The Bertz CT molecular complexity index is 5900. The van der Waals surface area contributed by atoms with Gasteiger partial charge in [-0.15, -0.1) is 22.7 Å². The number of hydrogen-bond acceptors (Lipinski definition) is 3. The van der Waals surface area contributed by atoms with Crippen molar-refractivity contribution in [1.82, 2.24) is 0 Å². The second-order valence-electron chi connectivity index (χ2n) is 29.5. The Morgan fingerprint density at radius 3 is 0.991 bits per heavy atom. The lowest BCUT2D eigenvalue weighted by Gasteiger charge is -2.09. The lowest BCUT2D eigenvalue weighted by atomic mass is 9.96. The summed E-state index contributed by atoms with van der Waals surface area (Å²) in [7, 11) is 0. The Hall–Kier alpha value is -11.5. The maximum Gasteiger partial charge on any atom is 0.135 e. The van der Waals surface area contributed by atoms with E-state index >= 15 is 0 Å². The Balaban J connectivity index is 0.000000116. The molecule has 3 heterocycles. The minimum Gasteiger partial charge on any atom is -0.456 e. The van der Waals surface area contributed by atoms with Crippen LogP contribution in [0.15, 0.2) is 320 Å². The molecule has 1 nitrogen and oxygen atoms in total. The van der Waals surface area contributed by atoms with Gasteiger partial charge in [0.25, 0.3) is 0 Å². The normalized spacial score (nSPS) is 10.8. The number of furan rings is 1. The van der Waals surface area contributed by atoms with Crippen LogP contribution in [-0.2, 0) is 0 Å². The van der Waals surface area contributed by atoms with Crippen LogP contribution in [0.3, 0.4) is 0 Å². The smallest absolute Gasteiger partial charge is 0.135 e. The highest BCUT2D eigenvalue weighted by atomic mass is 32.1. The van der Waals surface area contributed by atoms with Crippen molar-refractivity contribution in [3.63, 3.8) is 0 Å². The van der Waals surface area contributed by atoms with E-state index in [1.54, 1.807) is 0 Å². The summed E-state index contributed by atoms with van der Waals surface area (Å²) in [5, 5.41) is 16.2. The van der Waals surface area contributed by atoms with Crippen molar-refractivity contribution in [2.45, 2.75) is 111 Å². The highest BCUT2D eigenvalue weighted by Crippen LogP contribution is 2.37. The molecule has 0 fully saturated rings. The first-order valence-electron chi connectivity index (χ1n) is 37.9. The Labute approximate surface area is 654 Å². The van der Waals surface area contributed by atoms with Crippen molar-refractivity contribution >= 4 is 117 Å². The van der Waals surface area contributed by atoms with Gasteiger partial charge in [0.15, 0.2) is 0 Å². The molecule has 3 aromatic heterocycles. The van der Waals surface area contributed by atoms with Gasteiger partial charge in [0, 0.05) is 51.1 Å². The molecule has 0 bridgehead atoms. The second kappa shape index (κ2) is 35.5. The molecule has 0 aliphatic carbocycles. The van der Waals surface area contributed by atoms with E-state index in [2.05, 4.69) is 414 Å². The molecule has 0 N–H and O–H groups in total. The number of aryl methyl sites for hydroxylation is 16. The lowest BCUT2D eigenvalue weighted by molar-refractivity contribution is 0.669. The summed E-state index contributed by atoms with van der Waals surface area (Å²) in [5.41, 5.74) is 28.6. The zero-order valence-electron chi connectivity index (χ0n) is 66.2. The summed E-state index contributed by atoms with van der Waals surface area (Å²) in [6.07, 6.45) is 0. The number of benzene rings is 16. The Kier molecular flexibility index (Phi) is 25.1. The van der Waals surface area contributed by atoms with Gasteiger partial charge in [0.2, 0.25) is 0 Å². The molecule has 0 unspecified atom stereocenters. The lowest BCUT2D eigenvalue weighted by Crippen LogP contribution is -1.86. The maximum atomic E-state index is 5.76. The summed E-state index contributed by atoms with van der Waals surface area (Å²) in [5.74, 6) is 0. The molecule has 0 spiro atoms. The minimum atomic E-state index is 0.973. The van der Waals surface area contributed by atoms with Crippen LogP contribution in [0.2, 0.25) is 0 Å². The third-order valence-electron chi connectivity index (χ3n) is 20.2. The van der Waals surface area contributed by atoms with Gasteiger partial charge < -0.3 is 4.42 Å². The van der Waals surface area contributed by atoms with Gasteiger partial charge in [-0.25, -0.2) is 0 Å². The Morgan fingerprint density at radius 1 is 0.183 bits per heavy atom. The fraction of sp³-hybridized carbons (Fsp3) is 0.151. The zero-order valence-corrected chi connectivity index (χ0v) is 67.9. The highest BCUT2D eigenvalue weighted by molar-refractivity contribution is 7.26. The fourth-order valence-corrected chi connectivity index (χ4v) is 16.7. The van der Waals surface area contributed by atoms with Crippen molar-refractivity contribution in [2.75, 3.05) is 0 Å². The van der Waals surface area contributed by atoms with E-state index in [4.69, 9.17) is 4.42 Å². The molecule has 0 aliphatic heterocycles. The summed E-state index contributed by atoms with van der Waals surface area (Å²) in [6, 6.07) is 112. The van der Waals surface area contributed by atoms with Crippen LogP contribution in [0.25, 0.3) is 117 Å². The highest BCUT2D eigenvalue weighted by Gasteiger charge is 2.10. The molecule has 16 aromatic carbocycles. The second-order valence-corrected chi connectivity index (χ2v) is 31.6. The minimum absolute atomic E-state index is 0.973. The quantitative estimate of drug-likeness (QED) is 0.168. The Morgan fingerprint density at radius 2 is 0.514 bits per heavy atom. The van der Waals surface area contributed by atoms with Gasteiger partial charge >= 0.3 is 0 Å². The van der Waals surface area contributed by atoms with Gasteiger partial charge in [-0.2, -0.15) is 0 Å². The summed E-state index contributed by atoms with van der Waals surface area (Å²) >= 11 is 3.77. The molecule has 19 aromatic rings. The first-order chi connectivity index (χ1) is 52.6. The molecule has 542 valence electrons. The maximum absolute atomic E-state index is 5.76. The molecule has 0 saturated carbocycles. The molecule has 19 rings (SSSR count). The van der Waals surface area contributed by atoms with Crippen LogP contribution in [-0.4, -0.2) is 0 Å². The van der Waals surface area contributed by atoms with Gasteiger partial charge in [-0.05, 0) is 276 Å². The predicted octanol–water partition coefficient (Wildman–Crippen LogP) is 31.9. The third kappa shape index (κ3) is 19.3. The molecule has 3 heteroatoms. The first kappa shape index (κ1) is 77.2. The summed E-state index contributed by atoms with van der Waals surface area (Å²) in [6.45, 7) is 34.3. The van der Waals surface area contributed by atoms with Gasteiger partial charge in [0.05, 0.1) is 0 Å².